The van der Waals surface area contributed by atoms with Crippen LogP contribution < -0.4 is 0 Å². The molecule has 24 heavy (non-hydrogen) atoms. The van der Waals surface area contributed by atoms with E-state index in [0.717, 1.165) is 17.5 Å². The Balaban J connectivity index is 2.29. The Bertz CT molecular complexity index is 717. The molecule has 1 amide bonds. The first kappa shape index (κ1) is 17.7. The summed E-state index contributed by atoms with van der Waals surface area (Å²) in [5.41, 5.74) is 1.69. The number of rotatable bonds is 4. The van der Waals surface area contributed by atoms with Crippen molar-refractivity contribution in [2.45, 2.75) is 32.4 Å². The van der Waals surface area contributed by atoms with Crippen molar-refractivity contribution >= 4 is 12.4 Å². The molecule has 1 atom stereocenters. The quantitative estimate of drug-likeness (QED) is 0.808. The summed E-state index contributed by atoms with van der Waals surface area (Å²) >= 11 is 0. The molecule has 6 nitrogen and oxygen atoms in total. The Morgan fingerprint density at radius 3 is 2.46 bits per heavy atom. The maximum atomic E-state index is 12.2. The van der Waals surface area contributed by atoms with Crippen molar-refractivity contribution in [2.24, 2.45) is 7.05 Å². The SMILES string of the molecule is CN(C(=O)OC(C)(C)C)C(C=O)c1cc(-c2ccccc2)nn1C. The number of aldehydes is 1. The second-order valence-electron chi connectivity index (χ2n) is 6.62. The summed E-state index contributed by atoms with van der Waals surface area (Å²) in [6, 6.07) is 10.7. The molecular weight excluding hydrogens is 306 g/mol. The van der Waals surface area contributed by atoms with Crippen molar-refractivity contribution in [3.8, 4) is 11.3 Å². The zero-order valence-electron chi connectivity index (χ0n) is 14.7. The molecule has 0 radical (unpaired) electrons. The normalized spacial score (nSPS) is 12.5. The summed E-state index contributed by atoms with van der Waals surface area (Å²) in [4.78, 5) is 25.1. The van der Waals surface area contributed by atoms with Crippen molar-refractivity contribution in [3.05, 3.63) is 42.1 Å². The van der Waals surface area contributed by atoms with Gasteiger partial charge in [0.1, 0.15) is 17.9 Å². The molecule has 0 fully saturated rings. The summed E-state index contributed by atoms with van der Waals surface area (Å²) in [5.74, 6) is 0. The molecule has 0 aliphatic heterocycles. The topological polar surface area (TPSA) is 64.4 Å². The lowest BCUT2D eigenvalue weighted by molar-refractivity contribution is -0.112. The zero-order valence-corrected chi connectivity index (χ0v) is 14.7. The van der Waals surface area contributed by atoms with Gasteiger partial charge < -0.3 is 9.53 Å². The van der Waals surface area contributed by atoms with Crippen LogP contribution >= 0.6 is 0 Å². The molecule has 0 saturated carbocycles. The number of aryl methyl sites for hydroxylation is 1. The van der Waals surface area contributed by atoms with Gasteiger partial charge in [-0.05, 0) is 26.8 Å². The van der Waals surface area contributed by atoms with E-state index in [1.807, 2.05) is 36.4 Å². The largest absolute Gasteiger partial charge is 0.444 e. The molecule has 2 aromatic rings. The Morgan fingerprint density at radius 1 is 1.29 bits per heavy atom. The minimum atomic E-state index is -0.769. The molecular formula is C18H23N3O3. The average molecular weight is 329 g/mol. The van der Waals surface area contributed by atoms with Crippen LogP contribution in [0.25, 0.3) is 11.3 Å². The van der Waals surface area contributed by atoms with Crippen LogP contribution in [-0.2, 0) is 16.6 Å². The maximum absolute atomic E-state index is 12.2. The van der Waals surface area contributed by atoms with Gasteiger partial charge >= 0.3 is 6.09 Å². The second kappa shape index (κ2) is 6.86. The highest BCUT2D eigenvalue weighted by Gasteiger charge is 2.28. The Labute approximate surface area is 142 Å². The van der Waals surface area contributed by atoms with E-state index in [1.54, 1.807) is 39.5 Å². The van der Waals surface area contributed by atoms with E-state index in [2.05, 4.69) is 5.10 Å². The predicted molar refractivity (Wildman–Crippen MR) is 91.4 cm³/mol. The Hall–Kier alpha value is -2.63. The summed E-state index contributed by atoms with van der Waals surface area (Å²) in [5, 5.41) is 4.45. The molecule has 0 bridgehead atoms. The number of benzene rings is 1. The molecule has 0 saturated heterocycles. The van der Waals surface area contributed by atoms with Gasteiger partial charge in [0.25, 0.3) is 0 Å². The van der Waals surface area contributed by atoms with E-state index >= 15 is 0 Å². The Morgan fingerprint density at radius 2 is 1.92 bits per heavy atom. The number of hydrogen-bond acceptors (Lipinski definition) is 4. The smallest absolute Gasteiger partial charge is 0.410 e. The lowest BCUT2D eigenvalue weighted by Crippen LogP contribution is -2.37. The van der Waals surface area contributed by atoms with Gasteiger partial charge in [-0.1, -0.05) is 30.3 Å². The molecule has 1 aromatic carbocycles. The van der Waals surface area contributed by atoms with Crippen LogP contribution in [0.5, 0.6) is 0 Å². The van der Waals surface area contributed by atoms with Gasteiger partial charge in [-0.15, -0.1) is 0 Å². The summed E-state index contributed by atoms with van der Waals surface area (Å²) < 4.78 is 6.95. The van der Waals surface area contributed by atoms with E-state index in [9.17, 15) is 9.59 Å². The molecule has 0 N–H and O–H groups in total. The molecule has 0 aliphatic rings. The predicted octanol–water partition coefficient (Wildman–Crippen LogP) is 3.19. The monoisotopic (exact) mass is 329 g/mol. The van der Waals surface area contributed by atoms with Crippen molar-refractivity contribution in [1.29, 1.82) is 0 Å². The first-order chi connectivity index (χ1) is 11.2. The van der Waals surface area contributed by atoms with Gasteiger partial charge in [-0.25, -0.2) is 4.79 Å². The highest BCUT2D eigenvalue weighted by Crippen LogP contribution is 2.25. The third-order valence-corrected chi connectivity index (χ3v) is 3.52. The Kier molecular flexibility index (Phi) is 5.07. The molecule has 1 aromatic heterocycles. The molecule has 6 heteroatoms. The molecule has 0 aliphatic carbocycles. The molecule has 1 unspecified atom stereocenters. The molecule has 2 rings (SSSR count). The standard InChI is InChI=1S/C18H23N3O3/c1-18(2,3)24-17(23)20(4)16(12-22)15-11-14(19-21(15)5)13-9-7-6-8-10-13/h6-12,16H,1-5H3. The van der Waals surface area contributed by atoms with Crippen LogP contribution in [0.4, 0.5) is 4.79 Å². The van der Waals surface area contributed by atoms with E-state index in [1.165, 1.54) is 4.90 Å². The first-order valence-electron chi connectivity index (χ1n) is 7.73. The van der Waals surface area contributed by atoms with Gasteiger partial charge in [0, 0.05) is 19.7 Å². The van der Waals surface area contributed by atoms with Crippen molar-refractivity contribution in [3.63, 3.8) is 0 Å². The van der Waals surface area contributed by atoms with Gasteiger partial charge in [-0.3, -0.25) is 9.58 Å². The maximum Gasteiger partial charge on any atom is 0.410 e. The second-order valence-corrected chi connectivity index (χ2v) is 6.62. The number of carbonyl (C=O) groups excluding carboxylic acids is 2. The molecule has 128 valence electrons. The van der Waals surface area contributed by atoms with E-state index in [4.69, 9.17) is 4.74 Å². The number of likely N-dealkylation sites (N-methyl/N-ethyl adjacent to an activating group) is 1. The number of hydrogen-bond donors (Lipinski definition) is 0. The van der Waals surface area contributed by atoms with Crippen LogP contribution in [0.1, 0.15) is 32.5 Å². The fraction of sp³-hybridized carbons (Fsp3) is 0.389. The number of ether oxygens (including phenoxy) is 1. The highest BCUT2D eigenvalue weighted by molar-refractivity contribution is 5.75. The lowest BCUT2D eigenvalue weighted by Gasteiger charge is -2.27. The van der Waals surface area contributed by atoms with Gasteiger partial charge in [-0.2, -0.15) is 5.10 Å². The lowest BCUT2D eigenvalue weighted by atomic mass is 10.1. The van der Waals surface area contributed by atoms with Gasteiger partial charge in [0.15, 0.2) is 0 Å². The van der Waals surface area contributed by atoms with Crippen LogP contribution in [-0.4, -0.2) is 39.7 Å². The van der Waals surface area contributed by atoms with Gasteiger partial charge in [0.05, 0.1) is 11.4 Å². The minimum absolute atomic E-state index is 0.554. The fourth-order valence-electron chi connectivity index (χ4n) is 2.32. The van der Waals surface area contributed by atoms with Crippen molar-refractivity contribution in [1.82, 2.24) is 14.7 Å². The number of carbonyl (C=O) groups is 2. The minimum Gasteiger partial charge on any atom is -0.444 e. The van der Waals surface area contributed by atoms with Crippen LogP contribution in [0.15, 0.2) is 36.4 Å². The summed E-state index contributed by atoms with van der Waals surface area (Å²) in [6.45, 7) is 5.35. The van der Waals surface area contributed by atoms with Crippen LogP contribution in [0.2, 0.25) is 0 Å². The van der Waals surface area contributed by atoms with E-state index in [-0.39, 0.29) is 0 Å². The number of aromatic nitrogens is 2. The zero-order chi connectivity index (χ0) is 17.9. The van der Waals surface area contributed by atoms with Crippen molar-refractivity contribution < 1.29 is 14.3 Å². The number of nitrogens with zero attached hydrogens (tertiary/aromatic N) is 3. The summed E-state index contributed by atoms with van der Waals surface area (Å²) in [6.07, 6.45) is 0.164. The van der Waals surface area contributed by atoms with Crippen LogP contribution in [0, 0.1) is 0 Å². The highest BCUT2D eigenvalue weighted by atomic mass is 16.6. The average Bonchev–Trinajstić information content (AvgIpc) is 2.89. The van der Waals surface area contributed by atoms with Crippen LogP contribution in [0.3, 0.4) is 0 Å². The third kappa shape index (κ3) is 4.01. The first-order valence-corrected chi connectivity index (χ1v) is 7.73. The fourth-order valence-corrected chi connectivity index (χ4v) is 2.32. The van der Waals surface area contributed by atoms with E-state index < -0.39 is 17.7 Å². The molecule has 1 heterocycles. The van der Waals surface area contributed by atoms with E-state index in [0.29, 0.717) is 5.69 Å². The third-order valence-electron chi connectivity index (χ3n) is 3.52. The van der Waals surface area contributed by atoms with Gasteiger partial charge in [0.2, 0.25) is 0 Å². The number of amides is 1. The molecule has 0 spiro atoms. The summed E-state index contributed by atoms with van der Waals surface area (Å²) in [7, 11) is 3.30. The van der Waals surface area contributed by atoms with Crippen molar-refractivity contribution in [2.75, 3.05) is 7.05 Å².